The lowest BCUT2D eigenvalue weighted by Gasteiger charge is -2.16. The highest BCUT2D eigenvalue weighted by Gasteiger charge is 2.41. The maximum absolute atomic E-state index is 14.1. The van der Waals surface area contributed by atoms with Gasteiger partial charge in [-0.15, -0.1) is 0 Å². The molecule has 0 bridgehead atoms. The molecule has 0 spiro atoms. The van der Waals surface area contributed by atoms with Crippen LogP contribution in [0.2, 0.25) is 0 Å². The van der Waals surface area contributed by atoms with Gasteiger partial charge >= 0.3 is 0 Å². The van der Waals surface area contributed by atoms with Gasteiger partial charge in [0.15, 0.2) is 30.1 Å². The molecule has 108 valence electrons. The first kappa shape index (κ1) is 14.0. The third kappa shape index (κ3) is 1.80. The molecule has 3 aromatic rings. The lowest BCUT2D eigenvalue weighted by molar-refractivity contribution is 0.591. The van der Waals surface area contributed by atoms with Crippen LogP contribution in [0.1, 0.15) is 0 Å². The van der Waals surface area contributed by atoms with Gasteiger partial charge in [0.2, 0.25) is 5.88 Å². The van der Waals surface area contributed by atoms with Crippen molar-refractivity contribution in [3.8, 4) is 17.0 Å². The zero-order chi connectivity index (χ0) is 15.2. The number of aromatic nitrogens is 1. The number of halogens is 1. The van der Waals surface area contributed by atoms with E-state index in [1.807, 2.05) is 54.6 Å². The summed E-state index contributed by atoms with van der Waals surface area (Å²) in [5, 5.41) is 2.37. The summed E-state index contributed by atoms with van der Waals surface area (Å²) in [6.07, 6.45) is 1.65. The van der Waals surface area contributed by atoms with Crippen LogP contribution < -0.4 is 19.0 Å². The van der Waals surface area contributed by atoms with Crippen LogP contribution in [0.4, 0.5) is 0 Å². The second-order valence-electron chi connectivity index (χ2n) is 5.05. The summed E-state index contributed by atoms with van der Waals surface area (Å²) in [5.74, 6) is 0.415. The van der Waals surface area contributed by atoms with Gasteiger partial charge in [0.25, 0.3) is 0 Å². The van der Waals surface area contributed by atoms with Gasteiger partial charge in [-0.3, -0.25) is 0 Å². The van der Waals surface area contributed by atoms with E-state index in [2.05, 4.69) is 4.98 Å². The van der Waals surface area contributed by atoms with Crippen molar-refractivity contribution in [2.45, 2.75) is 0 Å². The molecule has 0 fully saturated rings. The largest absolute Gasteiger partial charge is 0.407 e. The van der Waals surface area contributed by atoms with Crippen LogP contribution in [0, 0.1) is 0 Å². The zero-order valence-electron chi connectivity index (χ0n) is 11.4. The molecule has 1 aliphatic rings. The van der Waals surface area contributed by atoms with E-state index in [9.17, 15) is 4.57 Å². The molecule has 0 radical (unpaired) electrons. The third-order valence-electron chi connectivity index (χ3n) is 3.94. The number of pyridine rings is 1. The monoisotopic (exact) mass is 419 g/mol. The van der Waals surface area contributed by atoms with E-state index < -0.39 is 7.14 Å². The second kappa shape index (κ2) is 5.21. The summed E-state index contributed by atoms with van der Waals surface area (Å²) in [4.78, 5) is 4.23. The minimum absolute atomic E-state index is 0.415. The highest BCUT2D eigenvalue weighted by molar-refractivity contribution is 14.1. The molecule has 4 rings (SSSR count). The first-order chi connectivity index (χ1) is 10.8. The molecule has 0 saturated carbocycles. The van der Waals surface area contributed by atoms with E-state index in [1.165, 1.54) is 0 Å². The SMILES string of the molecule is O=P1(c2cccnc2OI)c2ccccc2-c2ccccc21. The number of fused-ring (bicyclic) bond motifs is 3. The lowest BCUT2D eigenvalue weighted by Crippen LogP contribution is -2.22. The Morgan fingerprint density at radius 2 is 1.36 bits per heavy atom. The minimum Gasteiger partial charge on any atom is -0.407 e. The number of hydrogen-bond acceptors (Lipinski definition) is 3. The standard InChI is InChI=1S/C17H11INO2P/c18-21-17-16(10-5-11-19-17)22(20)14-8-3-1-6-12(14)13-7-2-4-9-15(13)22/h1-11H. The lowest BCUT2D eigenvalue weighted by atomic mass is 10.1. The van der Waals surface area contributed by atoms with Gasteiger partial charge in [-0.1, -0.05) is 48.5 Å². The quantitative estimate of drug-likeness (QED) is 0.369. The number of benzene rings is 2. The number of nitrogens with zero attached hydrogens (tertiary/aromatic N) is 1. The summed E-state index contributed by atoms with van der Waals surface area (Å²) in [6.45, 7) is 0. The van der Waals surface area contributed by atoms with Crippen LogP contribution in [0.5, 0.6) is 5.88 Å². The van der Waals surface area contributed by atoms with Crippen LogP contribution in [0.15, 0.2) is 66.9 Å². The third-order valence-corrected chi connectivity index (χ3v) is 7.51. The first-order valence-corrected chi connectivity index (χ1v) is 9.39. The molecular weight excluding hydrogens is 408 g/mol. The molecule has 0 aliphatic carbocycles. The smallest absolute Gasteiger partial charge is 0.236 e. The molecule has 22 heavy (non-hydrogen) atoms. The molecule has 0 saturated heterocycles. The summed E-state index contributed by atoms with van der Waals surface area (Å²) >= 11 is 1.79. The second-order valence-corrected chi connectivity index (χ2v) is 8.15. The van der Waals surface area contributed by atoms with Gasteiger partial charge in [0.05, 0.1) is 5.30 Å². The Bertz CT molecular complexity index is 876. The predicted octanol–water partition coefficient (Wildman–Crippen LogP) is 3.43. The maximum atomic E-state index is 14.1. The van der Waals surface area contributed by atoms with Crippen LogP contribution in [-0.2, 0) is 4.57 Å². The van der Waals surface area contributed by atoms with Crippen molar-refractivity contribution in [3.05, 3.63) is 66.9 Å². The van der Waals surface area contributed by atoms with Gasteiger partial charge in [0, 0.05) is 16.8 Å². The van der Waals surface area contributed by atoms with E-state index in [-0.39, 0.29) is 0 Å². The number of hydrogen-bond donors (Lipinski definition) is 0. The fourth-order valence-corrected chi connectivity index (χ4v) is 6.66. The Labute approximate surface area is 142 Å². The van der Waals surface area contributed by atoms with Crippen molar-refractivity contribution in [3.63, 3.8) is 0 Å². The van der Waals surface area contributed by atoms with Gasteiger partial charge < -0.3 is 7.63 Å². The summed E-state index contributed by atoms with van der Waals surface area (Å²) < 4.78 is 19.5. The summed E-state index contributed by atoms with van der Waals surface area (Å²) in [7, 11) is -2.95. The van der Waals surface area contributed by atoms with Crippen molar-refractivity contribution >= 4 is 46.1 Å². The van der Waals surface area contributed by atoms with E-state index in [0.29, 0.717) is 11.2 Å². The van der Waals surface area contributed by atoms with Crippen LogP contribution in [0.3, 0.4) is 0 Å². The van der Waals surface area contributed by atoms with Gasteiger partial charge in [-0.05, 0) is 23.3 Å². The molecule has 2 aromatic carbocycles. The topological polar surface area (TPSA) is 39.2 Å². The first-order valence-electron chi connectivity index (χ1n) is 6.80. The van der Waals surface area contributed by atoms with E-state index in [0.717, 1.165) is 21.7 Å². The molecule has 5 heteroatoms. The van der Waals surface area contributed by atoms with Gasteiger partial charge in [-0.25, -0.2) is 4.98 Å². The zero-order valence-corrected chi connectivity index (χ0v) is 14.5. The van der Waals surface area contributed by atoms with Crippen LogP contribution in [0.25, 0.3) is 11.1 Å². The molecule has 2 heterocycles. The van der Waals surface area contributed by atoms with E-state index in [1.54, 1.807) is 35.3 Å². The van der Waals surface area contributed by atoms with Gasteiger partial charge in [-0.2, -0.15) is 0 Å². The summed E-state index contributed by atoms with van der Waals surface area (Å²) in [5.41, 5.74) is 2.06. The van der Waals surface area contributed by atoms with Crippen LogP contribution >= 0.6 is 30.1 Å². The van der Waals surface area contributed by atoms with Crippen LogP contribution in [-0.4, -0.2) is 4.98 Å². The predicted molar refractivity (Wildman–Crippen MR) is 97.3 cm³/mol. The molecule has 3 nitrogen and oxygen atoms in total. The van der Waals surface area contributed by atoms with E-state index in [4.69, 9.17) is 3.07 Å². The highest BCUT2D eigenvalue weighted by Crippen LogP contribution is 2.53. The Hall–Kier alpha value is -1.65. The average molecular weight is 419 g/mol. The Balaban J connectivity index is 2.12. The van der Waals surface area contributed by atoms with Crippen molar-refractivity contribution in [1.29, 1.82) is 0 Å². The van der Waals surface area contributed by atoms with Crippen molar-refractivity contribution in [2.24, 2.45) is 0 Å². The Kier molecular flexibility index (Phi) is 3.31. The molecule has 0 unspecified atom stereocenters. The minimum atomic E-state index is -2.95. The van der Waals surface area contributed by atoms with E-state index >= 15 is 0 Å². The summed E-state index contributed by atoms with van der Waals surface area (Å²) in [6, 6.07) is 19.4. The van der Waals surface area contributed by atoms with Crippen molar-refractivity contribution in [1.82, 2.24) is 4.98 Å². The van der Waals surface area contributed by atoms with Crippen molar-refractivity contribution in [2.75, 3.05) is 0 Å². The van der Waals surface area contributed by atoms with Crippen molar-refractivity contribution < 1.29 is 7.63 Å². The number of rotatable bonds is 2. The Morgan fingerprint density at radius 3 is 1.95 bits per heavy atom. The Morgan fingerprint density at radius 1 is 0.818 bits per heavy atom. The molecule has 1 aliphatic heterocycles. The average Bonchev–Trinajstić information content (AvgIpc) is 2.86. The molecular formula is C17H11INO2P. The maximum Gasteiger partial charge on any atom is 0.236 e. The van der Waals surface area contributed by atoms with Gasteiger partial charge in [0.1, 0.15) is 0 Å². The molecule has 0 N–H and O–H groups in total. The normalized spacial score (nSPS) is 14.2. The molecule has 0 amide bonds. The highest BCUT2D eigenvalue weighted by atomic mass is 127. The molecule has 1 aromatic heterocycles. The molecule has 0 atom stereocenters. The fraction of sp³-hybridized carbons (Fsp3) is 0. The fourth-order valence-electron chi connectivity index (χ4n) is 3.02.